The fourth-order valence-corrected chi connectivity index (χ4v) is 4.21. The van der Waals surface area contributed by atoms with E-state index in [9.17, 15) is 0 Å². The molecule has 3 atom stereocenters. The van der Waals surface area contributed by atoms with Gasteiger partial charge in [0.2, 0.25) is 0 Å². The zero-order chi connectivity index (χ0) is 11.4. The van der Waals surface area contributed by atoms with Crippen LogP contribution in [0, 0.1) is 11.8 Å². The number of hydrogen-bond donors (Lipinski definition) is 1. The molecule has 2 aliphatic rings. The van der Waals surface area contributed by atoms with Crippen LogP contribution in [0.3, 0.4) is 0 Å². The molecule has 0 spiro atoms. The molecule has 3 unspecified atom stereocenters. The highest BCUT2D eigenvalue weighted by Gasteiger charge is 2.41. The predicted octanol–water partition coefficient (Wildman–Crippen LogP) is 4.13. The Morgan fingerprint density at radius 1 is 1.19 bits per heavy atom. The van der Waals surface area contributed by atoms with Gasteiger partial charge >= 0.3 is 0 Å². The van der Waals surface area contributed by atoms with Crippen molar-refractivity contribution in [3.8, 4) is 0 Å². The molecular formula is C15H29N. The molecule has 0 aromatic carbocycles. The van der Waals surface area contributed by atoms with Crippen LogP contribution in [0.25, 0.3) is 0 Å². The minimum absolute atomic E-state index is 0.544. The van der Waals surface area contributed by atoms with Crippen molar-refractivity contribution in [2.24, 2.45) is 11.8 Å². The molecule has 2 rings (SSSR count). The molecular weight excluding hydrogens is 194 g/mol. The lowest BCUT2D eigenvalue weighted by atomic mass is 9.68. The van der Waals surface area contributed by atoms with Crippen LogP contribution in [0.5, 0.6) is 0 Å². The van der Waals surface area contributed by atoms with Gasteiger partial charge in [0.1, 0.15) is 0 Å². The summed E-state index contributed by atoms with van der Waals surface area (Å²) in [6.07, 6.45) is 13.0. The lowest BCUT2D eigenvalue weighted by Crippen LogP contribution is -2.48. The van der Waals surface area contributed by atoms with Crippen molar-refractivity contribution in [3.05, 3.63) is 0 Å². The summed E-state index contributed by atoms with van der Waals surface area (Å²) in [6, 6.07) is 0. The first kappa shape index (κ1) is 12.4. The van der Waals surface area contributed by atoms with Crippen LogP contribution in [-0.4, -0.2) is 12.1 Å². The molecule has 1 aliphatic heterocycles. The van der Waals surface area contributed by atoms with E-state index in [2.05, 4.69) is 19.2 Å². The van der Waals surface area contributed by atoms with E-state index in [1.54, 1.807) is 0 Å². The molecule has 0 radical (unpaired) electrons. The third kappa shape index (κ3) is 2.45. The maximum atomic E-state index is 3.89. The Morgan fingerprint density at radius 2 is 2.06 bits per heavy atom. The Labute approximate surface area is 101 Å². The van der Waals surface area contributed by atoms with E-state index in [-0.39, 0.29) is 0 Å². The average molecular weight is 223 g/mol. The highest BCUT2D eigenvalue weighted by atomic mass is 15.0. The van der Waals surface area contributed by atoms with Crippen molar-refractivity contribution >= 4 is 0 Å². The third-order valence-corrected chi connectivity index (χ3v) is 5.11. The van der Waals surface area contributed by atoms with Crippen LogP contribution in [0.15, 0.2) is 0 Å². The zero-order valence-corrected chi connectivity index (χ0v) is 11.2. The van der Waals surface area contributed by atoms with E-state index >= 15 is 0 Å². The average Bonchev–Trinajstić information content (AvgIpc) is 2.80. The molecule has 1 saturated heterocycles. The Balaban J connectivity index is 2.01. The summed E-state index contributed by atoms with van der Waals surface area (Å²) < 4.78 is 0. The van der Waals surface area contributed by atoms with Gasteiger partial charge in [-0.3, -0.25) is 0 Å². The smallest absolute Gasteiger partial charge is 0.0210 e. The second kappa shape index (κ2) is 5.53. The largest absolute Gasteiger partial charge is 0.311 e. The summed E-state index contributed by atoms with van der Waals surface area (Å²) in [5.74, 6) is 2.00. The normalized spacial score (nSPS) is 40.1. The van der Waals surface area contributed by atoms with Crippen LogP contribution in [-0.2, 0) is 0 Å². The van der Waals surface area contributed by atoms with Crippen LogP contribution in [0.2, 0.25) is 0 Å². The van der Waals surface area contributed by atoms with Crippen molar-refractivity contribution in [2.75, 3.05) is 6.54 Å². The van der Waals surface area contributed by atoms with E-state index in [0.717, 1.165) is 11.8 Å². The molecule has 0 aromatic rings. The maximum absolute atomic E-state index is 3.89. The van der Waals surface area contributed by atoms with Gasteiger partial charge in [-0.05, 0) is 50.5 Å². The van der Waals surface area contributed by atoms with Gasteiger partial charge in [0.25, 0.3) is 0 Å². The first-order valence-corrected chi connectivity index (χ1v) is 7.55. The quantitative estimate of drug-likeness (QED) is 0.756. The van der Waals surface area contributed by atoms with Crippen molar-refractivity contribution in [1.29, 1.82) is 0 Å². The molecule has 1 heteroatoms. The fourth-order valence-electron chi connectivity index (χ4n) is 4.21. The van der Waals surface area contributed by atoms with Gasteiger partial charge in [-0.15, -0.1) is 0 Å². The number of rotatable bonds is 4. The summed E-state index contributed by atoms with van der Waals surface area (Å²) in [5, 5.41) is 3.89. The van der Waals surface area contributed by atoms with Gasteiger partial charge in [0.05, 0.1) is 0 Å². The number of hydrogen-bond acceptors (Lipinski definition) is 1. The highest BCUT2D eigenvalue weighted by Crippen LogP contribution is 2.43. The van der Waals surface area contributed by atoms with Crippen molar-refractivity contribution < 1.29 is 0 Å². The van der Waals surface area contributed by atoms with E-state index in [4.69, 9.17) is 0 Å². The molecule has 16 heavy (non-hydrogen) atoms. The Morgan fingerprint density at radius 3 is 2.69 bits per heavy atom. The monoisotopic (exact) mass is 223 g/mol. The van der Waals surface area contributed by atoms with Gasteiger partial charge in [-0.25, -0.2) is 0 Å². The Hall–Kier alpha value is -0.0400. The van der Waals surface area contributed by atoms with Gasteiger partial charge in [0, 0.05) is 5.54 Å². The van der Waals surface area contributed by atoms with Crippen molar-refractivity contribution in [1.82, 2.24) is 5.32 Å². The molecule has 2 fully saturated rings. The zero-order valence-electron chi connectivity index (χ0n) is 11.2. The molecule has 1 saturated carbocycles. The number of nitrogens with one attached hydrogen (secondary N) is 1. The SMILES string of the molecule is CCCC1(C2CCCC(CC)C2)CCCN1. The van der Waals surface area contributed by atoms with Crippen molar-refractivity contribution in [3.63, 3.8) is 0 Å². The van der Waals surface area contributed by atoms with Crippen LogP contribution < -0.4 is 5.32 Å². The summed E-state index contributed by atoms with van der Waals surface area (Å²) in [7, 11) is 0. The van der Waals surface area contributed by atoms with Crippen LogP contribution in [0.1, 0.15) is 71.6 Å². The molecule has 1 N–H and O–H groups in total. The van der Waals surface area contributed by atoms with E-state index < -0.39 is 0 Å². The molecule has 94 valence electrons. The van der Waals surface area contributed by atoms with E-state index in [0.29, 0.717) is 5.54 Å². The second-order valence-corrected chi connectivity index (χ2v) is 6.07. The Kier molecular flexibility index (Phi) is 4.29. The van der Waals surface area contributed by atoms with Gasteiger partial charge < -0.3 is 5.32 Å². The van der Waals surface area contributed by atoms with Crippen LogP contribution in [0.4, 0.5) is 0 Å². The van der Waals surface area contributed by atoms with Crippen molar-refractivity contribution in [2.45, 2.75) is 77.2 Å². The minimum Gasteiger partial charge on any atom is -0.311 e. The topological polar surface area (TPSA) is 12.0 Å². The summed E-state index contributed by atoms with van der Waals surface area (Å²) >= 11 is 0. The fraction of sp³-hybridized carbons (Fsp3) is 1.00. The predicted molar refractivity (Wildman–Crippen MR) is 70.6 cm³/mol. The molecule has 1 heterocycles. The Bertz CT molecular complexity index is 205. The van der Waals surface area contributed by atoms with Crippen LogP contribution >= 0.6 is 0 Å². The summed E-state index contributed by atoms with van der Waals surface area (Å²) in [5.41, 5.74) is 0.544. The van der Waals surface area contributed by atoms with E-state index in [1.807, 2.05) is 0 Å². The highest BCUT2D eigenvalue weighted by molar-refractivity contribution is 4.99. The lowest BCUT2D eigenvalue weighted by Gasteiger charge is -2.42. The molecule has 0 amide bonds. The van der Waals surface area contributed by atoms with Gasteiger partial charge in [-0.2, -0.15) is 0 Å². The standard InChI is InChI=1S/C15H29N/c1-3-9-15(10-6-11-16-15)14-8-5-7-13(4-2)12-14/h13-14,16H,3-12H2,1-2H3. The molecule has 0 bridgehead atoms. The second-order valence-electron chi connectivity index (χ2n) is 6.07. The van der Waals surface area contributed by atoms with Gasteiger partial charge in [0.15, 0.2) is 0 Å². The summed E-state index contributed by atoms with van der Waals surface area (Å²) in [4.78, 5) is 0. The first-order chi connectivity index (χ1) is 7.80. The summed E-state index contributed by atoms with van der Waals surface area (Å²) in [6.45, 7) is 6.00. The molecule has 1 aliphatic carbocycles. The molecule has 0 aromatic heterocycles. The first-order valence-electron chi connectivity index (χ1n) is 7.55. The van der Waals surface area contributed by atoms with E-state index in [1.165, 1.54) is 64.3 Å². The third-order valence-electron chi connectivity index (χ3n) is 5.11. The minimum atomic E-state index is 0.544. The lowest BCUT2D eigenvalue weighted by molar-refractivity contribution is 0.134. The van der Waals surface area contributed by atoms with Gasteiger partial charge in [-0.1, -0.05) is 39.5 Å². The maximum Gasteiger partial charge on any atom is 0.0210 e. The molecule has 1 nitrogen and oxygen atoms in total.